The molecular formula is C16H28O3Si2. The van der Waals surface area contributed by atoms with Gasteiger partial charge in [0.05, 0.1) is 8.80 Å². The Morgan fingerprint density at radius 2 is 1.57 bits per heavy atom. The summed E-state index contributed by atoms with van der Waals surface area (Å²) in [4.78, 5) is 0. The minimum absolute atomic E-state index is 0.580. The average molecular weight is 325 g/mol. The van der Waals surface area contributed by atoms with Crippen LogP contribution in [0.2, 0.25) is 13.1 Å². The van der Waals surface area contributed by atoms with Gasteiger partial charge in [-0.25, -0.2) is 0 Å². The Balaban J connectivity index is 3.23. The van der Waals surface area contributed by atoms with Crippen LogP contribution in [-0.2, 0) is 13.3 Å². The maximum atomic E-state index is 5.97. The molecule has 0 radical (unpaired) electrons. The first-order valence-corrected chi connectivity index (χ1v) is 12.3. The quantitative estimate of drug-likeness (QED) is 0.654. The van der Waals surface area contributed by atoms with Gasteiger partial charge in [0.15, 0.2) is 0 Å². The molecule has 1 rings (SSSR count). The van der Waals surface area contributed by atoms with Gasteiger partial charge in [-0.15, -0.1) is 0 Å². The van der Waals surface area contributed by atoms with E-state index in [0.29, 0.717) is 19.8 Å². The summed E-state index contributed by atoms with van der Waals surface area (Å²) in [6, 6.07) is 8.35. The Hall–Kier alpha value is -0.726. The van der Waals surface area contributed by atoms with Gasteiger partial charge in [-0.3, -0.25) is 0 Å². The summed E-state index contributed by atoms with van der Waals surface area (Å²) in [6.07, 6.45) is 0. The molecule has 0 aromatic heterocycles. The Bertz CT molecular complexity index is 444. The summed E-state index contributed by atoms with van der Waals surface area (Å²) in [5.74, 6) is 0. The summed E-state index contributed by atoms with van der Waals surface area (Å²) in [5.41, 5.74) is 1.19. The predicted molar refractivity (Wildman–Crippen MR) is 94.6 cm³/mol. The third-order valence-electron chi connectivity index (χ3n) is 3.29. The van der Waals surface area contributed by atoms with Crippen LogP contribution in [0.3, 0.4) is 0 Å². The second-order valence-electron chi connectivity index (χ2n) is 5.12. The Kier molecular flexibility index (Phi) is 7.55. The van der Waals surface area contributed by atoms with Crippen LogP contribution in [0.1, 0.15) is 26.3 Å². The molecule has 0 heterocycles. The fourth-order valence-corrected chi connectivity index (χ4v) is 5.56. The first-order chi connectivity index (χ1) is 10.0. The van der Waals surface area contributed by atoms with Gasteiger partial charge in [-0.05, 0) is 32.4 Å². The van der Waals surface area contributed by atoms with E-state index >= 15 is 0 Å². The van der Waals surface area contributed by atoms with E-state index in [1.807, 2.05) is 32.9 Å². The zero-order valence-corrected chi connectivity index (χ0v) is 16.1. The van der Waals surface area contributed by atoms with E-state index in [4.69, 9.17) is 13.3 Å². The summed E-state index contributed by atoms with van der Waals surface area (Å²) < 4.78 is 17.9. The lowest BCUT2D eigenvalue weighted by molar-refractivity contribution is 0.0859. The van der Waals surface area contributed by atoms with E-state index < -0.39 is 17.6 Å². The van der Waals surface area contributed by atoms with Gasteiger partial charge in [0, 0.05) is 25.0 Å². The average Bonchev–Trinajstić information content (AvgIpc) is 2.47. The van der Waals surface area contributed by atoms with E-state index in [2.05, 4.69) is 31.8 Å². The maximum absolute atomic E-state index is 5.97. The van der Waals surface area contributed by atoms with Gasteiger partial charge >= 0.3 is 8.80 Å². The highest BCUT2D eigenvalue weighted by Crippen LogP contribution is 2.17. The Morgan fingerprint density at radius 3 is 2.00 bits per heavy atom. The molecule has 0 saturated heterocycles. The van der Waals surface area contributed by atoms with Crippen LogP contribution >= 0.6 is 0 Å². The van der Waals surface area contributed by atoms with E-state index in [-0.39, 0.29) is 0 Å². The molecule has 0 fully saturated rings. The number of hydrogen-bond donors (Lipinski definition) is 0. The molecule has 1 aromatic carbocycles. The van der Waals surface area contributed by atoms with E-state index in [1.165, 1.54) is 10.8 Å². The molecule has 0 amide bonds. The topological polar surface area (TPSA) is 27.7 Å². The molecule has 0 aliphatic rings. The van der Waals surface area contributed by atoms with Crippen molar-refractivity contribution < 1.29 is 13.3 Å². The van der Waals surface area contributed by atoms with Crippen LogP contribution < -0.4 is 5.19 Å². The zero-order chi connectivity index (χ0) is 15.9. The van der Waals surface area contributed by atoms with Crippen molar-refractivity contribution in [2.24, 2.45) is 0 Å². The summed E-state index contributed by atoms with van der Waals surface area (Å²) in [6.45, 7) is 16.5. The summed E-state index contributed by atoms with van der Waals surface area (Å²) >= 11 is 0. The van der Waals surface area contributed by atoms with Crippen molar-refractivity contribution in [2.75, 3.05) is 19.8 Å². The van der Waals surface area contributed by atoms with E-state index in [0.717, 1.165) is 5.19 Å². The smallest absolute Gasteiger partial charge is 0.370 e. The molecule has 0 spiro atoms. The summed E-state index contributed by atoms with van der Waals surface area (Å²) in [7, 11) is -3.73. The molecule has 0 saturated carbocycles. The Morgan fingerprint density at radius 1 is 1.05 bits per heavy atom. The van der Waals surface area contributed by atoms with Crippen molar-refractivity contribution in [2.45, 2.75) is 33.9 Å². The Labute approximate surface area is 131 Å². The van der Waals surface area contributed by atoms with Gasteiger partial charge in [-0.2, -0.15) is 0 Å². The van der Waals surface area contributed by atoms with Gasteiger partial charge in [0.2, 0.25) is 0 Å². The minimum Gasteiger partial charge on any atom is -0.370 e. The molecule has 0 unspecified atom stereocenters. The third kappa shape index (κ3) is 4.62. The highest BCUT2D eigenvalue weighted by molar-refractivity contribution is 6.77. The predicted octanol–water partition coefficient (Wildman–Crippen LogP) is 2.98. The molecule has 21 heavy (non-hydrogen) atoms. The molecule has 0 N–H and O–H groups in total. The van der Waals surface area contributed by atoms with Crippen molar-refractivity contribution in [1.82, 2.24) is 0 Å². The zero-order valence-electron chi connectivity index (χ0n) is 13.9. The number of hydrogen-bond acceptors (Lipinski definition) is 3. The molecule has 0 atom stereocenters. The van der Waals surface area contributed by atoms with Crippen LogP contribution in [0.4, 0.5) is 0 Å². The fourth-order valence-electron chi connectivity index (χ4n) is 2.19. The van der Waals surface area contributed by atoms with Gasteiger partial charge in [0.1, 0.15) is 0 Å². The monoisotopic (exact) mass is 324 g/mol. The van der Waals surface area contributed by atoms with Gasteiger partial charge < -0.3 is 13.3 Å². The van der Waals surface area contributed by atoms with Crippen LogP contribution in [0.15, 0.2) is 30.8 Å². The molecular weight excluding hydrogens is 296 g/mol. The molecule has 0 aliphatic carbocycles. The second kappa shape index (κ2) is 8.65. The first-order valence-electron chi connectivity index (χ1n) is 7.72. The molecule has 118 valence electrons. The standard InChI is InChI=1S/C16H28O3Si2/c1-7-17-21(18-8-2,19-9-3)16-12-10-11-15(13-16)14(4)20(5)6/h10-13,20H,4,7-9H2,1-3,5-6H3. The summed E-state index contributed by atoms with van der Waals surface area (Å²) in [5, 5.41) is 2.28. The lowest BCUT2D eigenvalue weighted by Crippen LogP contribution is -2.57. The van der Waals surface area contributed by atoms with Crippen molar-refractivity contribution in [3.63, 3.8) is 0 Å². The van der Waals surface area contributed by atoms with Crippen LogP contribution in [-0.4, -0.2) is 37.4 Å². The second-order valence-corrected chi connectivity index (χ2v) is 10.7. The van der Waals surface area contributed by atoms with Crippen molar-refractivity contribution in [1.29, 1.82) is 0 Å². The highest BCUT2D eigenvalue weighted by atomic mass is 28.4. The largest absolute Gasteiger partial charge is 0.537 e. The van der Waals surface area contributed by atoms with Crippen LogP contribution in [0.5, 0.6) is 0 Å². The SMILES string of the molecule is C=C(c1cccc([Si](OCC)(OCC)OCC)c1)[SiH](C)C. The van der Waals surface area contributed by atoms with E-state index in [1.54, 1.807) is 0 Å². The molecule has 3 nitrogen and oxygen atoms in total. The molecule has 1 aromatic rings. The normalized spacial score (nSPS) is 11.9. The lowest BCUT2D eigenvalue weighted by atomic mass is 10.2. The number of benzene rings is 1. The third-order valence-corrected chi connectivity index (χ3v) is 8.04. The van der Waals surface area contributed by atoms with Crippen LogP contribution in [0.25, 0.3) is 5.20 Å². The minimum atomic E-state index is -2.81. The molecule has 0 aliphatic heterocycles. The molecule has 5 heteroatoms. The number of rotatable bonds is 9. The highest BCUT2D eigenvalue weighted by Gasteiger charge is 2.43. The van der Waals surface area contributed by atoms with Crippen LogP contribution in [0, 0.1) is 0 Å². The van der Waals surface area contributed by atoms with Crippen molar-refractivity contribution in [3.05, 3.63) is 36.4 Å². The van der Waals surface area contributed by atoms with Crippen molar-refractivity contribution in [3.8, 4) is 0 Å². The fraction of sp³-hybridized carbons (Fsp3) is 0.500. The van der Waals surface area contributed by atoms with Gasteiger partial charge in [-0.1, -0.05) is 43.1 Å². The van der Waals surface area contributed by atoms with E-state index in [9.17, 15) is 0 Å². The first kappa shape index (κ1) is 18.3. The lowest BCUT2D eigenvalue weighted by Gasteiger charge is -2.29. The van der Waals surface area contributed by atoms with Gasteiger partial charge in [0.25, 0.3) is 0 Å². The van der Waals surface area contributed by atoms with Crippen molar-refractivity contribution >= 4 is 28.0 Å². The molecule has 0 bridgehead atoms. The maximum Gasteiger partial charge on any atom is 0.537 e.